The Labute approximate surface area is 140 Å². The summed E-state index contributed by atoms with van der Waals surface area (Å²) in [5.41, 5.74) is 4.09. The highest BCUT2D eigenvalue weighted by molar-refractivity contribution is 7.10. The number of benzene rings is 1. The van der Waals surface area contributed by atoms with Crippen LogP contribution in [0.25, 0.3) is 0 Å². The van der Waals surface area contributed by atoms with E-state index in [0.29, 0.717) is 6.04 Å². The molecule has 1 N–H and O–H groups in total. The minimum atomic E-state index is 0.514. The number of hydrogen-bond donors (Lipinski definition) is 1. The summed E-state index contributed by atoms with van der Waals surface area (Å²) in [6.45, 7) is 1.69. The summed E-state index contributed by atoms with van der Waals surface area (Å²) in [7, 11) is 0. The van der Waals surface area contributed by atoms with Gasteiger partial charge in [-0.2, -0.15) is 5.10 Å². The van der Waals surface area contributed by atoms with Gasteiger partial charge in [0.2, 0.25) is 0 Å². The molecule has 4 nitrogen and oxygen atoms in total. The molecule has 1 atom stereocenters. The molecule has 2 heterocycles. The fourth-order valence-corrected chi connectivity index (χ4v) is 4.19. The van der Waals surface area contributed by atoms with E-state index in [1.54, 1.807) is 17.5 Å². The van der Waals surface area contributed by atoms with Crippen molar-refractivity contribution in [2.75, 3.05) is 0 Å². The molecule has 0 saturated carbocycles. The van der Waals surface area contributed by atoms with Gasteiger partial charge in [0.15, 0.2) is 0 Å². The van der Waals surface area contributed by atoms with Gasteiger partial charge in [0.1, 0.15) is 12.7 Å². The topological polar surface area (TPSA) is 42.7 Å². The second-order valence-electron chi connectivity index (χ2n) is 6.03. The van der Waals surface area contributed by atoms with Crippen molar-refractivity contribution in [1.29, 1.82) is 0 Å². The molecule has 0 unspecified atom stereocenters. The lowest BCUT2D eigenvalue weighted by atomic mass is 9.94. The Morgan fingerprint density at radius 3 is 2.87 bits per heavy atom. The number of nitrogens with one attached hydrogen (secondary N) is 1. The first-order valence-corrected chi connectivity index (χ1v) is 8.96. The van der Waals surface area contributed by atoms with Gasteiger partial charge in [0.05, 0.1) is 6.54 Å². The quantitative estimate of drug-likeness (QED) is 0.780. The van der Waals surface area contributed by atoms with Crippen molar-refractivity contribution in [3.8, 4) is 0 Å². The van der Waals surface area contributed by atoms with Gasteiger partial charge >= 0.3 is 0 Å². The summed E-state index contributed by atoms with van der Waals surface area (Å²) in [4.78, 5) is 5.54. The maximum atomic E-state index is 4.14. The van der Waals surface area contributed by atoms with Gasteiger partial charge in [-0.1, -0.05) is 24.3 Å². The molecule has 1 aliphatic carbocycles. The van der Waals surface area contributed by atoms with Gasteiger partial charge in [0, 0.05) is 17.5 Å². The Hall–Kier alpha value is -1.98. The van der Waals surface area contributed by atoms with E-state index in [2.05, 4.69) is 51.1 Å². The molecule has 3 aromatic rings. The van der Waals surface area contributed by atoms with Crippen LogP contribution in [-0.2, 0) is 19.5 Å². The summed E-state index contributed by atoms with van der Waals surface area (Å²) < 4.78 is 1.84. The highest BCUT2D eigenvalue weighted by atomic mass is 32.1. The van der Waals surface area contributed by atoms with Crippen molar-refractivity contribution in [1.82, 2.24) is 20.1 Å². The minimum absolute atomic E-state index is 0.514. The fourth-order valence-electron chi connectivity index (χ4n) is 3.20. The van der Waals surface area contributed by atoms with Crippen molar-refractivity contribution >= 4 is 11.3 Å². The third-order valence-electron chi connectivity index (χ3n) is 4.44. The van der Waals surface area contributed by atoms with Crippen molar-refractivity contribution in [2.45, 2.75) is 38.4 Å². The first-order chi connectivity index (χ1) is 11.4. The lowest BCUT2D eigenvalue weighted by Gasteiger charge is -2.24. The maximum Gasteiger partial charge on any atom is 0.137 e. The van der Waals surface area contributed by atoms with Crippen LogP contribution in [0.5, 0.6) is 0 Å². The van der Waals surface area contributed by atoms with Crippen LogP contribution < -0.4 is 5.32 Å². The number of nitrogens with zero attached hydrogens (tertiary/aromatic N) is 3. The maximum absolute atomic E-state index is 4.14. The van der Waals surface area contributed by atoms with E-state index < -0.39 is 0 Å². The summed E-state index contributed by atoms with van der Waals surface area (Å²) >= 11 is 1.90. The molecule has 0 saturated heterocycles. The molecule has 0 bridgehead atoms. The van der Waals surface area contributed by atoms with Gasteiger partial charge in [-0.3, -0.25) is 0 Å². The molecule has 1 aromatic carbocycles. The summed E-state index contributed by atoms with van der Waals surface area (Å²) in [6, 6.07) is 11.6. The lowest BCUT2D eigenvalue weighted by Crippen LogP contribution is -2.23. The monoisotopic (exact) mass is 324 g/mol. The number of rotatable bonds is 5. The number of aryl methyl sites for hydroxylation is 1. The fraction of sp³-hybridized carbons (Fsp3) is 0.333. The van der Waals surface area contributed by atoms with E-state index in [-0.39, 0.29) is 0 Å². The Morgan fingerprint density at radius 2 is 2.04 bits per heavy atom. The van der Waals surface area contributed by atoms with Crippen LogP contribution in [-0.4, -0.2) is 14.8 Å². The smallest absolute Gasteiger partial charge is 0.137 e. The first kappa shape index (κ1) is 14.6. The van der Waals surface area contributed by atoms with Crippen molar-refractivity contribution in [3.05, 3.63) is 69.9 Å². The molecule has 4 rings (SSSR count). The molecule has 5 heteroatoms. The van der Waals surface area contributed by atoms with Crippen LogP contribution >= 0.6 is 11.3 Å². The van der Waals surface area contributed by atoms with Gasteiger partial charge in [0.25, 0.3) is 0 Å². The highest BCUT2D eigenvalue weighted by Crippen LogP contribution is 2.33. The van der Waals surface area contributed by atoms with E-state index in [0.717, 1.165) is 13.1 Å². The van der Waals surface area contributed by atoms with Crippen LogP contribution in [0.2, 0.25) is 0 Å². The number of thiophene rings is 1. The van der Waals surface area contributed by atoms with Crippen molar-refractivity contribution in [2.24, 2.45) is 0 Å². The summed E-state index contributed by atoms with van der Waals surface area (Å²) in [6.07, 6.45) is 7.11. The minimum Gasteiger partial charge on any atom is -0.306 e. The zero-order valence-corrected chi connectivity index (χ0v) is 13.8. The number of hydrogen-bond acceptors (Lipinski definition) is 4. The van der Waals surface area contributed by atoms with E-state index in [1.165, 1.54) is 36.0 Å². The molecular weight excluding hydrogens is 304 g/mol. The van der Waals surface area contributed by atoms with Gasteiger partial charge in [-0.05, 0) is 47.4 Å². The Morgan fingerprint density at radius 1 is 1.17 bits per heavy atom. The second kappa shape index (κ2) is 6.64. The standard InChI is InChI=1S/C18H20N4S/c1-2-17(16-8-9-23-18(16)3-1)20-10-14-4-6-15(7-5-14)11-22-13-19-12-21-22/h4-9,12-13,17,20H,1-3,10-11H2/t17-/m1/s1. The largest absolute Gasteiger partial charge is 0.306 e. The Balaban J connectivity index is 1.37. The van der Waals surface area contributed by atoms with E-state index in [4.69, 9.17) is 0 Å². The number of aromatic nitrogens is 3. The van der Waals surface area contributed by atoms with Gasteiger partial charge in [-0.15, -0.1) is 11.3 Å². The third-order valence-corrected chi connectivity index (χ3v) is 5.44. The van der Waals surface area contributed by atoms with Crippen LogP contribution in [0.1, 0.15) is 40.5 Å². The van der Waals surface area contributed by atoms with E-state index in [9.17, 15) is 0 Å². The summed E-state index contributed by atoms with van der Waals surface area (Å²) in [5, 5.41) is 10.1. The normalized spacial score (nSPS) is 17.1. The Kier molecular flexibility index (Phi) is 4.22. The molecular formula is C18H20N4S. The van der Waals surface area contributed by atoms with E-state index >= 15 is 0 Å². The predicted octanol–water partition coefficient (Wildman–Crippen LogP) is 3.56. The molecule has 0 fully saturated rings. The molecule has 0 radical (unpaired) electrons. The average Bonchev–Trinajstić information content (AvgIpc) is 3.25. The Bertz CT molecular complexity index is 746. The molecule has 0 amide bonds. The molecule has 23 heavy (non-hydrogen) atoms. The average molecular weight is 324 g/mol. The summed E-state index contributed by atoms with van der Waals surface area (Å²) in [5.74, 6) is 0. The molecule has 0 spiro atoms. The first-order valence-electron chi connectivity index (χ1n) is 8.08. The van der Waals surface area contributed by atoms with Gasteiger partial charge in [-0.25, -0.2) is 9.67 Å². The SMILES string of the molecule is c1ncn(Cc2ccc(CN[C@@H]3CCCc4sccc43)cc2)n1. The van der Waals surface area contributed by atoms with Gasteiger partial charge < -0.3 is 5.32 Å². The predicted molar refractivity (Wildman–Crippen MR) is 92.4 cm³/mol. The molecule has 1 aliphatic rings. The van der Waals surface area contributed by atoms with Crippen LogP contribution in [0.4, 0.5) is 0 Å². The van der Waals surface area contributed by atoms with Crippen molar-refractivity contribution < 1.29 is 0 Å². The molecule has 118 valence electrons. The van der Waals surface area contributed by atoms with Crippen LogP contribution in [0, 0.1) is 0 Å². The zero-order valence-electron chi connectivity index (χ0n) is 13.0. The van der Waals surface area contributed by atoms with Crippen molar-refractivity contribution in [3.63, 3.8) is 0 Å². The zero-order chi connectivity index (χ0) is 15.5. The van der Waals surface area contributed by atoms with Crippen LogP contribution in [0.15, 0.2) is 48.4 Å². The third kappa shape index (κ3) is 3.35. The van der Waals surface area contributed by atoms with E-state index in [1.807, 2.05) is 16.0 Å². The highest BCUT2D eigenvalue weighted by Gasteiger charge is 2.20. The second-order valence-corrected chi connectivity index (χ2v) is 7.04. The molecule has 2 aromatic heterocycles. The lowest BCUT2D eigenvalue weighted by molar-refractivity contribution is 0.463. The van der Waals surface area contributed by atoms with Crippen LogP contribution in [0.3, 0.4) is 0 Å². The molecule has 0 aliphatic heterocycles. The number of fused-ring (bicyclic) bond motifs is 1.